The SMILES string of the molecule is CC.CC12C/C(=C/O)C(=O)CC1CCc1cnc(-c3ccccc3)nc12. The Kier molecular flexibility index (Phi) is 5.21. The van der Waals surface area contributed by atoms with Gasteiger partial charge < -0.3 is 5.11 Å². The van der Waals surface area contributed by atoms with Crippen LogP contribution in [-0.2, 0) is 16.6 Å². The number of hydrogen-bond donors (Lipinski definition) is 1. The van der Waals surface area contributed by atoms with Gasteiger partial charge in [0.2, 0.25) is 0 Å². The predicted octanol–water partition coefficient (Wildman–Crippen LogP) is 4.79. The maximum Gasteiger partial charge on any atom is 0.162 e. The van der Waals surface area contributed by atoms with Gasteiger partial charge in [-0.2, -0.15) is 0 Å². The van der Waals surface area contributed by atoms with Gasteiger partial charge in [0, 0.05) is 29.2 Å². The molecule has 1 heterocycles. The summed E-state index contributed by atoms with van der Waals surface area (Å²) >= 11 is 0. The number of aliphatic hydroxyl groups excluding tert-OH is 1. The molecule has 4 heteroatoms. The average molecular weight is 350 g/mol. The number of Topliss-reactive ketones (excluding diaryl/α,β-unsaturated/α-hetero) is 1. The highest BCUT2D eigenvalue weighted by atomic mass is 16.2. The standard InChI is InChI=1S/C20H20N2O2.C2H6/c1-20-10-15(12-23)17(24)9-16(20)8-7-14-11-21-19(22-18(14)20)13-5-3-2-4-6-13;1-2/h2-6,11-12,16,23H,7-10H2,1H3;1-2H3/b15-12-;. The van der Waals surface area contributed by atoms with Gasteiger partial charge in [0.05, 0.1) is 12.0 Å². The molecule has 1 saturated carbocycles. The number of ketones is 1. The lowest BCUT2D eigenvalue weighted by molar-refractivity contribution is -0.119. The topological polar surface area (TPSA) is 63.1 Å². The van der Waals surface area contributed by atoms with Crippen molar-refractivity contribution in [2.24, 2.45) is 5.92 Å². The maximum atomic E-state index is 12.2. The van der Waals surface area contributed by atoms with E-state index in [0.717, 1.165) is 36.2 Å². The van der Waals surface area contributed by atoms with E-state index in [1.807, 2.05) is 50.4 Å². The van der Waals surface area contributed by atoms with E-state index in [1.165, 1.54) is 5.56 Å². The van der Waals surface area contributed by atoms with Crippen molar-refractivity contribution in [1.82, 2.24) is 9.97 Å². The first-order chi connectivity index (χ1) is 12.6. The average Bonchev–Trinajstić information content (AvgIpc) is 2.70. The molecule has 4 rings (SSSR count). The van der Waals surface area contributed by atoms with E-state index in [4.69, 9.17) is 4.98 Å². The Bertz CT molecular complexity index is 829. The third-order valence-corrected chi connectivity index (χ3v) is 5.60. The minimum absolute atomic E-state index is 0.0702. The van der Waals surface area contributed by atoms with Crippen LogP contribution in [0.5, 0.6) is 0 Å². The van der Waals surface area contributed by atoms with Crippen LogP contribution in [0, 0.1) is 5.92 Å². The minimum atomic E-state index is -0.220. The summed E-state index contributed by atoms with van der Waals surface area (Å²) in [5, 5.41) is 9.43. The lowest BCUT2D eigenvalue weighted by Gasteiger charge is -2.45. The minimum Gasteiger partial charge on any atom is -0.515 e. The molecule has 2 aliphatic carbocycles. The van der Waals surface area contributed by atoms with Crippen molar-refractivity contribution >= 4 is 5.78 Å². The fraction of sp³-hybridized carbons (Fsp3) is 0.409. The molecule has 2 unspecified atom stereocenters. The van der Waals surface area contributed by atoms with Crippen LogP contribution in [0.15, 0.2) is 48.4 Å². The number of benzene rings is 1. The molecule has 1 fully saturated rings. The fourth-order valence-corrected chi connectivity index (χ4v) is 4.17. The van der Waals surface area contributed by atoms with Crippen LogP contribution in [0.3, 0.4) is 0 Å². The smallest absolute Gasteiger partial charge is 0.162 e. The molecule has 2 atom stereocenters. The van der Waals surface area contributed by atoms with E-state index in [9.17, 15) is 9.90 Å². The second kappa shape index (κ2) is 7.40. The number of aliphatic hydroxyl groups is 1. The van der Waals surface area contributed by atoms with Gasteiger partial charge in [-0.3, -0.25) is 4.79 Å². The number of hydrogen-bond acceptors (Lipinski definition) is 4. The van der Waals surface area contributed by atoms with E-state index >= 15 is 0 Å². The number of allylic oxidation sites excluding steroid dienone is 1. The van der Waals surface area contributed by atoms with E-state index in [-0.39, 0.29) is 17.1 Å². The fourth-order valence-electron chi connectivity index (χ4n) is 4.17. The molecule has 1 aromatic heterocycles. The number of aromatic nitrogens is 2. The first kappa shape index (κ1) is 18.3. The van der Waals surface area contributed by atoms with Crippen LogP contribution in [0.25, 0.3) is 11.4 Å². The summed E-state index contributed by atoms with van der Waals surface area (Å²) < 4.78 is 0. The van der Waals surface area contributed by atoms with Crippen LogP contribution in [0.2, 0.25) is 0 Å². The highest BCUT2D eigenvalue weighted by Crippen LogP contribution is 2.49. The zero-order valence-electron chi connectivity index (χ0n) is 15.7. The molecule has 0 amide bonds. The van der Waals surface area contributed by atoms with Crippen molar-refractivity contribution in [3.63, 3.8) is 0 Å². The number of aryl methyl sites for hydroxylation is 1. The molecule has 0 aliphatic heterocycles. The number of carbonyl (C=O) groups is 1. The monoisotopic (exact) mass is 350 g/mol. The van der Waals surface area contributed by atoms with E-state index < -0.39 is 0 Å². The third kappa shape index (κ3) is 3.05. The Labute approximate surface area is 155 Å². The molecule has 0 saturated heterocycles. The van der Waals surface area contributed by atoms with Gasteiger partial charge in [0.1, 0.15) is 0 Å². The van der Waals surface area contributed by atoms with Crippen LogP contribution in [0.1, 0.15) is 51.3 Å². The summed E-state index contributed by atoms with van der Waals surface area (Å²) in [6.07, 6.45) is 5.85. The quantitative estimate of drug-likeness (QED) is 0.593. The molecule has 2 aromatic rings. The van der Waals surface area contributed by atoms with Gasteiger partial charge in [-0.1, -0.05) is 51.1 Å². The molecule has 1 aromatic carbocycles. The van der Waals surface area contributed by atoms with Gasteiger partial charge in [-0.05, 0) is 30.7 Å². The van der Waals surface area contributed by atoms with Crippen LogP contribution in [0.4, 0.5) is 0 Å². The second-order valence-electron chi connectivity index (χ2n) is 7.04. The van der Waals surface area contributed by atoms with Crippen molar-refractivity contribution in [3.05, 3.63) is 59.6 Å². The number of nitrogens with zero attached hydrogens (tertiary/aromatic N) is 2. The van der Waals surface area contributed by atoms with Gasteiger partial charge in [0.25, 0.3) is 0 Å². The normalized spacial score (nSPS) is 25.7. The molecular formula is C22H26N2O2. The lowest BCUT2D eigenvalue weighted by atomic mass is 9.59. The summed E-state index contributed by atoms with van der Waals surface area (Å²) in [7, 11) is 0. The Morgan fingerprint density at radius 3 is 2.65 bits per heavy atom. The first-order valence-corrected chi connectivity index (χ1v) is 9.40. The molecule has 0 bridgehead atoms. The Morgan fingerprint density at radius 1 is 1.23 bits per heavy atom. The molecule has 0 radical (unpaired) electrons. The predicted molar refractivity (Wildman–Crippen MR) is 103 cm³/mol. The second-order valence-corrected chi connectivity index (χ2v) is 7.04. The number of rotatable bonds is 1. The summed E-state index contributed by atoms with van der Waals surface area (Å²) in [6.45, 7) is 6.17. The molecule has 1 N–H and O–H groups in total. The zero-order chi connectivity index (χ0) is 18.7. The molecular weight excluding hydrogens is 324 g/mol. The summed E-state index contributed by atoms with van der Waals surface area (Å²) in [5.74, 6) is 1.07. The van der Waals surface area contributed by atoms with Gasteiger partial charge in [0.15, 0.2) is 11.6 Å². The number of fused-ring (bicyclic) bond motifs is 3. The molecule has 26 heavy (non-hydrogen) atoms. The van der Waals surface area contributed by atoms with Gasteiger partial charge in [-0.15, -0.1) is 0 Å². The summed E-state index contributed by atoms with van der Waals surface area (Å²) in [4.78, 5) is 21.6. The summed E-state index contributed by atoms with van der Waals surface area (Å²) in [5.41, 5.74) is 3.50. The summed E-state index contributed by atoms with van der Waals surface area (Å²) in [6, 6.07) is 9.95. The lowest BCUT2D eigenvalue weighted by Crippen LogP contribution is -2.43. The van der Waals surface area contributed by atoms with Crippen molar-refractivity contribution < 1.29 is 9.90 Å². The first-order valence-electron chi connectivity index (χ1n) is 9.40. The molecule has 136 valence electrons. The maximum absolute atomic E-state index is 12.2. The third-order valence-electron chi connectivity index (χ3n) is 5.60. The molecule has 0 spiro atoms. The highest BCUT2D eigenvalue weighted by molar-refractivity contribution is 5.96. The Balaban J connectivity index is 0.000000948. The number of carbonyl (C=O) groups excluding carboxylic acids is 1. The van der Waals surface area contributed by atoms with E-state index in [1.54, 1.807) is 0 Å². The van der Waals surface area contributed by atoms with Crippen LogP contribution >= 0.6 is 0 Å². The zero-order valence-corrected chi connectivity index (χ0v) is 15.7. The van der Waals surface area contributed by atoms with E-state index in [2.05, 4.69) is 11.9 Å². The highest BCUT2D eigenvalue weighted by Gasteiger charge is 2.47. The van der Waals surface area contributed by atoms with Gasteiger partial charge >= 0.3 is 0 Å². The van der Waals surface area contributed by atoms with Crippen molar-refractivity contribution in [2.45, 2.75) is 51.9 Å². The molecule has 2 aliphatic rings. The Hall–Kier alpha value is -2.49. The van der Waals surface area contributed by atoms with Gasteiger partial charge in [-0.25, -0.2) is 9.97 Å². The Morgan fingerprint density at radius 2 is 1.96 bits per heavy atom. The molecule has 4 nitrogen and oxygen atoms in total. The van der Waals surface area contributed by atoms with Crippen LogP contribution in [-0.4, -0.2) is 20.9 Å². The van der Waals surface area contributed by atoms with Crippen molar-refractivity contribution in [2.75, 3.05) is 0 Å². The van der Waals surface area contributed by atoms with Crippen molar-refractivity contribution in [1.29, 1.82) is 0 Å². The largest absolute Gasteiger partial charge is 0.515 e. The van der Waals surface area contributed by atoms with Crippen molar-refractivity contribution in [3.8, 4) is 11.4 Å². The van der Waals surface area contributed by atoms with E-state index in [0.29, 0.717) is 18.4 Å². The van der Waals surface area contributed by atoms with Crippen LogP contribution < -0.4 is 0 Å².